The average molecular weight is 436 g/mol. The van der Waals surface area contributed by atoms with E-state index in [0.717, 1.165) is 0 Å². The van der Waals surface area contributed by atoms with Crippen LogP contribution in [0.3, 0.4) is 0 Å². The quantitative estimate of drug-likeness (QED) is 0.459. The van der Waals surface area contributed by atoms with Gasteiger partial charge in [-0.3, -0.25) is 14.3 Å². The number of nitrogens with zero attached hydrogens (tertiary/aromatic N) is 2. The molecule has 0 radical (unpaired) electrons. The highest BCUT2D eigenvalue weighted by atomic mass is 19.2. The lowest BCUT2D eigenvalue weighted by Crippen LogP contribution is -2.21. The molecule has 0 aliphatic carbocycles. The summed E-state index contributed by atoms with van der Waals surface area (Å²) in [6.07, 6.45) is 1.46. The minimum Gasteiger partial charge on any atom is -0.483 e. The number of hydrogen-bond donors (Lipinski definition) is 2. The summed E-state index contributed by atoms with van der Waals surface area (Å²) in [5.74, 6) is -8.61. The molecular formula is C20H16F4N4O3. The summed E-state index contributed by atoms with van der Waals surface area (Å²) in [6.45, 7) is -0.401. The van der Waals surface area contributed by atoms with E-state index in [1.54, 1.807) is 7.05 Å². The van der Waals surface area contributed by atoms with E-state index in [9.17, 15) is 27.2 Å². The molecule has 11 heteroatoms. The van der Waals surface area contributed by atoms with Crippen molar-refractivity contribution in [2.75, 3.05) is 12.4 Å². The molecular weight excluding hydrogens is 420 g/mol. The highest BCUT2D eigenvalue weighted by molar-refractivity contribution is 6.08. The van der Waals surface area contributed by atoms with Gasteiger partial charge in [-0.25, -0.2) is 8.78 Å². The number of nitrogens with one attached hydrogen (secondary N) is 2. The van der Waals surface area contributed by atoms with Crippen LogP contribution in [0.1, 0.15) is 26.4 Å². The van der Waals surface area contributed by atoms with Gasteiger partial charge in [-0.2, -0.15) is 13.9 Å². The fourth-order valence-electron chi connectivity index (χ4n) is 2.65. The van der Waals surface area contributed by atoms with Crippen LogP contribution in [-0.2, 0) is 13.7 Å². The van der Waals surface area contributed by atoms with Crippen molar-refractivity contribution in [2.45, 2.75) is 6.61 Å². The molecule has 2 N–H and O–H groups in total. The van der Waals surface area contributed by atoms with Gasteiger partial charge in [0.05, 0.1) is 5.69 Å². The Hall–Kier alpha value is -3.89. The Morgan fingerprint density at radius 3 is 2.23 bits per heavy atom. The van der Waals surface area contributed by atoms with E-state index in [-0.39, 0.29) is 23.0 Å². The van der Waals surface area contributed by atoms with E-state index >= 15 is 0 Å². The normalized spacial score (nSPS) is 10.6. The van der Waals surface area contributed by atoms with Crippen molar-refractivity contribution in [1.82, 2.24) is 15.1 Å². The maximum Gasteiger partial charge on any atom is 0.273 e. The van der Waals surface area contributed by atoms with Crippen molar-refractivity contribution in [3.8, 4) is 5.75 Å². The van der Waals surface area contributed by atoms with Crippen LogP contribution in [0.2, 0.25) is 0 Å². The fraction of sp³-hybridized carbons (Fsp3) is 0.150. The number of hydrogen-bond acceptors (Lipinski definition) is 4. The number of anilines is 1. The molecule has 1 aromatic heterocycles. The second kappa shape index (κ2) is 8.86. The predicted octanol–water partition coefficient (Wildman–Crippen LogP) is 3.17. The predicted molar refractivity (Wildman–Crippen MR) is 102 cm³/mol. The largest absolute Gasteiger partial charge is 0.483 e. The van der Waals surface area contributed by atoms with Gasteiger partial charge in [0.15, 0.2) is 23.1 Å². The molecule has 0 unspecified atom stereocenters. The lowest BCUT2D eigenvalue weighted by Gasteiger charge is -2.10. The van der Waals surface area contributed by atoms with Crippen molar-refractivity contribution < 1.29 is 31.9 Å². The Kier molecular flexibility index (Phi) is 6.23. The number of aromatic nitrogens is 2. The van der Waals surface area contributed by atoms with Crippen LogP contribution in [0, 0.1) is 23.3 Å². The maximum atomic E-state index is 13.6. The van der Waals surface area contributed by atoms with Crippen LogP contribution in [0.4, 0.5) is 23.2 Å². The SMILES string of the molecule is CNC(=O)c1nn(C)cc1NC(=O)c1ccc(COc2c(F)c(F)cc(F)c2F)cc1. The third kappa shape index (κ3) is 4.65. The Balaban J connectivity index is 1.70. The van der Waals surface area contributed by atoms with Crippen LogP contribution >= 0.6 is 0 Å². The zero-order chi connectivity index (χ0) is 22.7. The Morgan fingerprint density at radius 2 is 1.65 bits per heavy atom. The van der Waals surface area contributed by atoms with Gasteiger partial charge >= 0.3 is 0 Å². The minimum atomic E-state index is -1.64. The van der Waals surface area contributed by atoms with E-state index in [0.29, 0.717) is 5.56 Å². The molecule has 0 saturated heterocycles. The molecule has 0 spiro atoms. The first-order valence-electron chi connectivity index (χ1n) is 8.83. The number of amides is 2. The number of benzene rings is 2. The lowest BCUT2D eigenvalue weighted by molar-refractivity contribution is 0.0958. The van der Waals surface area contributed by atoms with E-state index in [1.165, 1.54) is 42.2 Å². The average Bonchev–Trinajstić information content (AvgIpc) is 3.12. The molecule has 2 aromatic carbocycles. The van der Waals surface area contributed by atoms with E-state index in [1.807, 2.05) is 0 Å². The first-order chi connectivity index (χ1) is 14.7. The Bertz CT molecular complexity index is 1120. The minimum absolute atomic E-state index is 0.0368. The molecule has 1 heterocycles. The molecule has 0 atom stereocenters. The van der Waals surface area contributed by atoms with Gasteiger partial charge < -0.3 is 15.4 Å². The molecule has 31 heavy (non-hydrogen) atoms. The van der Waals surface area contributed by atoms with Crippen LogP contribution in [0.5, 0.6) is 5.75 Å². The maximum absolute atomic E-state index is 13.6. The zero-order valence-corrected chi connectivity index (χ0v) is 16.3. The summed E-state index contributed by atoms with van der Waals surface area (Å²) in [5.41, 5.74) is 0.838. The molecule has 0 fully saturated rings. The van der Waals surface area contributed by atoms with E-state index < -0.39 is 47.4 Å². The van der Waals surface area contributed by atoms with Crippen LogP contribution in [0.15, 0.2) is 36.5 Å². The number of halogens is 4. The van der Waals surface area contributed by atoms with Gasteiger partial charge in [-0.1, -0.05) is 12.1 Å². The van der Waals surface area contributed by atoms with Gasteiger partial charge in [0.1, 0.15) is 6.61 Å². The molecule has 7 nitrogen and oxygen atoms in total. The van der Waals surface area contributed by atoms with Crippen LogP contribution in [-0.4, -0.2) is 28.6 Å². The summed E-state index contributed by atoms with van der Waals surface area (Å²) in [6, 6.07) is 5.76. The monoisotopic (exact) mass is 436 g/mol. The first kappa shape index (κ1) is 21.8. The first-order valence-corrected chi connectivity index (χ1v) is 8.83. The number of aryl methyl sites for hydroxylation is 1. The number of carbonyl (C=O) groups excluding carboxylic acids is 2. The molecule has 0 bridgehead atoms. The number of ether oxygens (including phenoxy) is 1. The van der Waals surface area contributed by atoms with Gasteiger partial charge in [0.25, 0.3) is 11.8 Å². The van der Waals surface area contributed by atoms with Gasteiger partial charge in [0.2, 0.25) is 11.6 Å². The van der Waals surface area contributed by atoms with Crippen molar-refractivity contribution in [3.63, 3.8) is 0 Å². The molecule has 0 saturated carbocycles. The molecule has 2 amide bonds. The summed E-state index contributed by atoms with van der Waals surface area (Å²) < 4.78 is 60.0. The standard InChI is InChI=1S/C20H16F4N4O3/c1-25-20(30)17-14(8-28(2)27-17)26-19(29)11-5-3-10(4-6-11)9-31-18-15(23)12(21)7-13(22)16(18)24/h3-8H,9H2,1-2H3,(H,25,30)(H,26,29). The molecule has 3 rings (SSSR count). The summed E-state index contributed by atoms with van der Waals surface area (Å²) in [5, 5.41) is 8.97. The Morgan fingerprint density at radius 1 is 1.03 bits per heavy atom. The van der Waals surface area contributed by atoms with Crippen LogP contribution in [0.25, 0.3) is 0 Å². The van der Waals surface area contributed by atoms with E-state index in [2.05, 4.69) is 15.7 Å². The zero-order valence-electron chi connectivity index (χ0n) is 16.3. The molecule has 3 aromatic rings. The smallest absolute Gasteiger partial charge is 0.273 e. The van der Waals surface area contributed by atoms with Crippen molar-refractivity contribution in [1.29, 1.82) is 0 Å². The third-order valence-corrected chi connectivity index (χ3v) is 4.19. The molecule has 162 valence electrons. The number of carbonyl (C=O) groups is 2. The summed E-state index contributed by atoms with van der Waals surface area (Å²) in [7, 11) is 3.02. The van der Waals surface area contributed by atoms with Gasteiger partial charge in [0, 0.05) is 31.9 Å². The molecule has 0 aliphatic heterocycles. The van der Waals surface area contributed by atoms with Crippen molar-refractivity contribution >= 4 is 17.5 Å². The topological polar surface area (TPSA) is 85.3 Å². The number of rotatable bonds is 6. The summed E-state index contributed by atoms with van der Waals surface area (Å²) >= 11 is 0. The Labute approximate surface area is 173 Å². The van der Waals surface area contributed by atoms with E-state index in [4.69, 9.17) is 4.74 Å². The van der Waals surface area contributed by atoms with Crippen molar-refractivity contribution in [2.24, 2.45) is 7.05 Å². The van der Waals surface area contributed by atoms with Crippen molar-refractivity contribution in [3.05, 3.63) is 76.6 Å². The lowest BCUT2D eigenvalue weighted by atomic mass is 10.1. The second-order valence-electron chi connectivity index (χ2n) is 6.38. The third-order valence-electron chi connectivity index (χ3n) is 4.19. The summed E-state index contributed by atoms with van der Waals surface area (Å²) in [4.78, 5) is 24.3. The highest BCUT2D eigenvalue weighted by Gasteiger charge is 2.21. The van der Waals surface area contributed by atoms with Gasteiger partial charge in [-0.05, 0) is 17.7 Å². The second-order valence-corrected chi connectivity index (χ2v) is 6.38. The highest BCUT2D eigenvalue weighted by Crippen LogP contribution is 2.27. The fourth-order valence-corrected chi connectivity index (χ4v) is 2.65. The molecule has 0 aliphatic rings. The van der Waals surface area contributed by atoms with Gasteiger partial charge in [-0.15, -0.1) is 0 Å². The van der Waals surface area contributed by atoms with Crippen LogP contribution < -0.4 is 15.4 Å².